The van der Waals surface area contributed by atoms with Gasteiger partial charge < -0.3 is 15.9 Å². The lowest BCUT2D eigenvalue weighted by Gasteiger charge is -2.12. The molecule has 1 aromatic heterocycles. The van der Waals surface area contributed by atoms with Crippen molar-refractivity contribution in [3.05, 3.63) is 47.0 Å². The van der Waals surface area contributed by atoms with Crippen LogP contribution < -0.4 is 11.1 Å². The average Bonchev–Trinajstić information content (AvgIpc) is 2.97. The van der Waals surface area contributed by atoms with E-state index >= 15 is 0 Å². The highest BCUT2D eigenvalue weighted by Gasteiger charge is 2.22. The van der Waals surface area contributed by atoms with Gasteiger partial charge in [-0.2, -0.15) is 0 Å². The second-order valence-corrected chi connectivity index (χ2v) is 5.02. The molecule has 0 fully saturated rings. The fraction of sp³-hybridized carbons (Fsp3) is 0.143. The zero-order valence-corrected chi connectivity index (χ0v) is 12.5. The minimum atomic E-state index is -0.910. The number of amides is 1. The van der Waals surface area contributed by atoms with Gasteiger partial charge in [0.1, 0.15) is 18.8 Å². The Balaban J connectivity index is 2.21. The van der Waals surface area contributed by atoms with Gasteiger partial charge in [0.05, 0.1) is 0 Å². The van der Waals surface area contributed by atoms with Crippen LogP contribution in [0.4, 0.5) is 5.13 Å². The van der Waals surface area contributed by atoms with Crippen LogP contribution >= 0.6 is 11.3 Å². The van der Waals surface area contributed by atoms with Gasteiger partial charge in [0.25, 0.3) is 5.91 Å². The van der Waals surface area contributed by atoms with Gasteiger partial charge in [-0.05, 0) is 5.56 Å². The molecule has 1 radical (unpaired) electrons. The molecule has 113 valence electrons. The molecule has 7 nitrogen and oxygen atoms in total. The minimum Gasteiger partial charge on any atom is -0.398 e. The molecular weight excluding hydrogens is 304 g/mol. The molecule has 1 heterocycles. The van der Waals surface area contributed by atoms with Crippen LogP contribution in [0.2, 0.25) is 0 Å². The van der Waals surface area contributed by atoms with Gasteiger partial charge in [-0.1, -0.05) is 35.5 Å². The fourth-order valence-electron chi connectivity index (χ4n) is 1.72. The van der Waals surface area contributed by atoms with E-state index in [9.17, 15) is 9.59 Å². The number of nitrogens with two attached hydrogens (primary N) is 1. The number of hydrogen-bond donors (Lipinski definition) is 2. The predicted molar refractivity (Wildman–Crippen MR) is 83.1 cm³/mol. The van der Waals surface area contributed by atoms with Crippen LogP contribution in [0.1, 0.15) is 17.3 Å². The van der Waals surface area contributed by atoms with E-state index in [0.717, 1.165) is 0 Å². The first-order chi connectivity index (χ1) is 10.7. The number of anilines is 1. The third-order valence-corrected chi connectivity index (χ3v) is 3.36. The molecular formula is C14H13N4O3S. The second-order valence-electron chi connectivity index (χ2n) is 4.13. The Morgan fingerprint density at radius 1 is 1.45 bits per heavy atom. The third-order valence-electron chi connectivity index (χ3n) is 2.69. The first-order valence-corrected chi connectivity index (χ1v) is 7.09. The van der Waals surface area contributed by atoms with Crippen molar-refractivity contribution in [2.75, 3.05) is 12.8 Å². The summed E-state index contributed by atoms with van der Waals surface area (Å²) in [6.07, 6.45) is 1.78. The molecule has 8 heteroatoms. The maximum absolute atomic E-state index is 12.3. The molecule has 1 unspecified atom stereocenters. The number of carbonyl (C=O) groups excluding carboxylic acids is 2. The quantitative estimate of drug-likeness (QED) is 0.611. The van der Waals surface area contributed by atoms with E-state index in [1.54, 1.807) is 35.9 Å². The maximum Gasteiger partial charge on any atom is 0.276 e. The lowest BCUT2D eigenvalue weighted by molar-refractivity contribution is -0.115. The smallest absolute Gasteiger partial charge is 0.276 e. The van der Waals surface area contributed by atoms with Gasteiger partial charge in [0.2, 0.25) is 6.29 Å². The number of hydrogen-bond acceptors (Lipinski definition) is 7. The Kier molecular flexibility index (Phi) is 5.21. The molecule has 0 aliphatic carbocycles. The summed E-state index contributed by atoms with van der Waals surface area (Å²) in [6, 6.07) is 7.84. The summed E-state index contributed by atoms with van der Waals surface area (Å²) in [7, 11) is 1.31. The monoisotopic (exact) mass is 317 g/mol. The third kappa shape index (κ3) is 3.67. The van der Waals surface area contributed by atoms with Crippen LogP contribution in [0, 0.1) is 0 Å². The molecule has 22 heavy (non-hydrogen) atoms. The van der Waals surface area contributed by atoms with Gasteiger partial charge in [0, 0.05) is 5.38 Å². The summed E-state index contributed by atoms with van der Waals surface area (Å²) in [5.74, 6) is -0.607. The van der Waals surface area contributed by atoms with Crippen LogP contribution in [0.3, 0.4) is 0 Å². The minimum absolute atomic E-state index is 0.0633. The van der Waals surface area contributed by atoms with Crippen molar-refractivity contribution in [1.29, 1.82) is 0 Å². The molecule has 1 aromatic carbocycles. The number of nitrogens with zero attached hydrogens (tertiary/aromatic N) is 2. The van der Waals surface area contributed by atoms with Crippen molar-refractivity contribution in [2.45, 2.75) is 6.04 Å². The number of thiazole rings is 1. The summed E-state index contributed by atoms with van der Waals surface area (Å²) >= 11 is 1.17. The molecule has 0 spiro atoms. The number of nitrogen functional groups attached to an aromatic ring is 1. The molecule has 2 rings (SSSR count). The van der Waals surface area contributed by atoms with E-state index in [2.05, 4.69) is 20.3 Å². The van der Waals surface area contributed by atoms with Crippen molar-refractivity contribution < 1.29 is 14.4 Å². The van der Waals surface area contributed by atoms with E-state index in [-0.39, 0.29) is 11.4 Å². The van der Waals surface area contributed by atoms with E-state index in [1.165, 1.54) is 18.4 Å². The maximum atomic E-state index is 12.3. The summed E-state index contributed by atoms with van der Waals surface area (Å²) in [4.78, 5) is 32.1. The van der Waals surface area contributed by atoms with Crippen LogP contribution in [-0.4, -0.2) is 30.0 Å². The van der Waals surface area contributed by atoms with Crippen molar-refractivity contribution in [3.8, 4) is 0 Å². The van der Waals surface area contributed by atoms with Crippen LogP contribution in [0.5, 0.6) is 0 Å². The SMILES string of the molecule is CON=C(C(=O)NC([C]=O)c1ccccc1)c1csc(N)n1. The number of carbonyl (C=O) groups is 1. The van der Waals surface area contributed by atoms with Gasteiger partial charge >= 0.3 is 0 Å². The fourth-order valence-corrected chi connectivity index (χ4v) is 2.27. The zero-order chi connectivity index (χ0) is 15.9. The number of rotatable bonds is 6. The van der Waals surface area contributed by atoms with E-state index in [4.69, 9.17) is 5.73 Å². The Bertz CT molecular complexity index is 684. The highest BCUT2D eigenvalue weighted by atomic mass is 32.1. The molecule has 0 aliphatic rings. The summed E-state index contributed by atoms with van der Waals surface area (Å²) in [5.41, 5.74) is 6.37. The van der Waals surface area contributed by atoms with Crippen LogP contribution in [0.15, 0.2) is 40.9 Å². The molecule has 1 atom stereocenters. The van der Waals surface area contributed by atoms with E-state index in [0.29, 0.717) is 10.7 Å². The number of nitrogens with one attached hydrogen (secondary N) is 1. The summed E-state index contributed by atoms with van der Waals surface area (Å²) < 4.78 is 0. The van der Waals surface area contributed by atoms with Crippen molar-refractivity contribution in [2.24, 2.45) is 5.16 Å². The zero-order valence-electron chi connectivity index (χ0n) is 11.6. The molecule has 0 bridgehead atoms. The Hall–Kier alpha value is -2.74. The van der Waals surface area contributed by atoms with Crippen molar-refractivity contribution >= 4 is 34.4 Å². The Labute approximate surface area is 130 Å². The highest BCUT2D eigenvalue weighted by Crippen LogP contribution is 2.14. The van der Waals surface area contributed by atoms with Crippen LogP contribution in [-0.2, 0) is 14.4 Å². The molecule has 0 saturated heterocycles. The first-order valence-electron chi connectivity index (χ1n) is 6.21. The number of aromatic nitrogens is 1. The topological polar surface area (TPSA) is 107 Å². The lowest BCUT2D eigenvalue weighted by atomic mass is 10.1. The predicted octanol–water partition coefficient (Wildman–Crippen LogP) is 1.04. The summed E-state index contributed by atoms with van der Waals surface area (Å²) in [5, 5.41) is 8.06. The lowest BCUT2D eigenvalue weighted by Crippen LogP contribution is -2.35. The molecule has 3 N–H and O–H groups in total. The van der Waals surface area contributed by atoms with Crippen molar-refractivity contribution in [1.82, 2.24) is 10.3 Å². The van der Waals surface area contributed by atoms with Crippen LogP contribution in [0.25, 0.3) is 0 Å². The number of benzene rings is 1. The molecule has 0 saturated carbocycles. The standard InChI is InChI=1S/C14H13N4O3S/c1-21-18-12(11-8-22-14(15)17-11)13(20)16-10(7-19)9-5-3-2-4-6-9/h2-6,8,10H,1H3,(H2,15,17)(H,16,20). The van der Waals surface area contributed by atoms with Gasteiger partial charge in [-0.3, -0.25) is 9.59 Å². The van der Waals surface area contributed by atoms with E-state index < -0.39 is 11.9 Å². The average molecular weight is 317 g/mol. The summed E-state index contributed by atoms with van der Waals surface area (Å²) in [6.45, 7) is 0. The van der Waals surface area contributed by atoms with E-state index in [1.807, 2.05) is 6.07 Å². The van der Waals surface area contributed by atoms with Crippen molar-refractivity contribution in [3.63, 3.8) is 0 Å². The van der Waals surface area contributed by atoms with Gasteiger partial charge in [-0.25, -0.2) is 4.98 Å². The Morgan fingerprint density at radius 2 is 2.18 bits per heavy atom. The van der Waals surface area contributed by atoms with Gasteiger partial charge in [0.15, 0.2) is 10.8 Å². The molecule has 1 amide bonds. The van der Waals surface area contributed by atoms with Gasteiger partial charge in [-0.15, -0.1) is 11.3 Å². The molecule has 2 aromatic rings. The highest BCUT2D eigenvalue weighted by molar-refractivity contribution is 7.13. The Morgan fingerprint density at radius 3 is 2.73 bits per heavy atom. The number of oxime groups is 1. The second kappa shape index (κ2) is 7.32. The first kappa shape index (κ1) is 15.6. The normalized spacial score (nSPS) is 12.5. The molecule has 0 aliphatic heterocycles. The largest absolute Gasteiger partial charge is 0.398 e.